The highest BCUT2D eigenvalue weighted by molar-refractivity contribution is 5.89. The summed E-state index contributed by atoms with van der Waals surface area (Å²) >= 11 is 0. The van der Waals surface area contributed by atoms with Crippen LogP contribution >= 0.6 is 0 Å². The number of hydrogen-bond donors (Lipinski definition) is 1. The molecule has 8 heteroatoms. The van der Waals surface area contributed by atoms with Crippen LogP contribution in [0.3, 0.4) is 0 Å². The first-order valence-electron chi connectivity index (χ1n) is 11.6. The molecule has 1 aliphatic rings. The van der Waals surface area contributed by atoms with E-state index in [2.05, 4.69) is 22.5 Å². The quantitative estimate of drug-likeness (QED) is 0.407. The molecule has 0 radical (unpaired) electrons. The van der Waals surface area contributed by atoms with E-state index in [1.54, 1.807) is 23.6 Å². The van der Waals surface area contributed by atoms with Crippen LogP contribution in [-0.2, 0) is 24.1 Å². The van der Waals surface area contributed by atoms with Gasteiger partial charge in [-0.25, -0.2) is 14.3 Å². The number of methoxy groups -OCH3 is 1. The maximum Gasteiger partial charge on any atom is 0.359 e. The zero-order valence-electron chi connectivity index (χ0n) is 19.6. The lowest BCUT2D eigenvalue weighted by Gasteiger charge is -2.28. The molecule has 0 bridgehead atoms. The molecular formula is C26H30N4O4. The normalized spacial score (nSPS) is 12.7. The summed E-state index contributed by atoms with van der Waals surface area (Å²) in [5, 5.41) is 7.59. The van der Waals surface area contributed by atoms with E-state index in [1.807, 2.05) is 42.5 Å². The number of nitrogens with zero attached hydrogens (tertiary/aromatic N) is 3. The highest BCUT2D eigenvalue weighted by atomic mass is 16.5. The second-order valence-electron chi connectivity index (χ2n) is 8.10. The fraction of sp³-hybridized carbons (Fsp3) is 0.346. The average molecular weight is 463 g/mol. The van der Waals surface area contributed by atoms with E-state index in [1.165, 1.54) is 5.56 Å². The number of hydrogen-bond acceptors (Lipinski definition) is 5. The third-order valence-electron chi connectivity index (χ3n) is 5.89. The minimum absolute atomic E-state index is 0.134. The van der Waals surface area contributed by atoms with Crippen LogP contribution in [0.2, 0.25) is 0 Å². The van der Waals surface area contributed by atoms with Gasteiger partial charge in [0, 0.05) is 25.1 Å². The maximum absolute atomic E-state index is 12.8. The van der Waals surface area contributed by atoms with Gasteiger partial charge in [0.05, 0.1) is 31.6 Å². The molecule has 0 atom stereocenters. The molecule has 1 aromatic heterocycles. The molecule has 0 unspecified atom stereocenters. The van der Waals surface area contributed by atoms with Gasteiger partial charge in [0.1, 0.15) is 5.75 Å². The van der Waals surface area contributed by atoms with Crippen molar-refractivity contribution in [1.82, 2.24) is 20.0 Å². The Bertz CT molecular complexity index is 1130. The number of aromatic nitrogens is 2. The smallest absolute Gasteiger partial charge is 0.359 e. The van der Waals surface area contributed by atoms with Crippen molar-refractivity contribution in [3.05, 3.63) is 77.1 Å². The van der Waals surface area contributed by atoms with Gasteiger partial charge in [-0.2, -0.15) is 5.10 Å². The number of carbonyl (C=O) groups excluding carboxylic acids is 2. The summed E-state index contributed by atoms with van der Waals surface area (Å²) in [5.74, 6) is 0.265. The van der Waals surface area contributed by atoms with Gasteiger partial charge < -0.3 is 19.7 Å². The van der Waals surface area contributed by atoms with Gasteiger partial charge in [0.25, 0.3) is 0 Å². The number of aryl methyl sites for hydroxylation is 1. The molecule has 0 saturated carbocycles. The van der Waals surface area contributed by atoms with Crippen LogP contribution in [0.4, 0.5) is 4.79 Å². The van der Waals surface area contributed by atoms with Crippen molar-refractivity contribution < 1.29 is 19.1 Å². The summed E-state index contributed by atoms with van der Waals surface area (Å²) < 4.78 is 12.3. The summed E-state index contributed by atoms with van der Waals surface area (Å²) in [6, 6.07) is 17.6. The molecule has 0 fully saturated rings. The Labute approximate surface area is 199 Å². The molecule has 2 amide bonds. The van der Waals surface area contributed by atoms with Crippen LogP contribution in [0, 0.1) is 0 Å². The first-order valence-corrected chi connectivity index (χ1v) is 11.6. The van der Waals surface area contributed by atoms with Gasteiger partial charge in [0.2, 0.25) is 0 Å². The average Bonchev–Trinajstić information content (AvgIpc) is 3.26. The Kier molecular flexibility index (Phi) is 7.47. The summed E-state index contributed by atoms with van der Waals surface area (Å²) in [5.41, 5.74) is 3.99. The Morgan fingerprint density at radius 2 is 1.85 bits per heavy atom. The van der Waals surface area contributed by atoms with Crippen LogP contribution in [0.1, 0.15) is 40.7 Å². The highest BCUT2D eigenvalue weighted by Crippen LogP contribution is 2.27. The van der Waals surface area contributed by atoms with Crippen LogP contribution in [-0.4, -0.2) is 53.5 Å². The maximum atomic E-state index is 12.8. The monoisotopic (exact) mass is 462 g/mol. The number of urea groups is 1. The van der Waals surface area contributed by atoms with Gasteiger partial charge in [-0.1, -0.05) is 30.3 Å². The van der Waals surface area contributed by atoms with E-state index in [-0.39, 0.29) is 18.3 Å². The zero-order valence-corrected chi connectivity index (χ0v) is 19.6. The predicted octanol–water partition coefficient (Wildman–Crippen LogP) is 3.76. The zero-order chi connectivity index (χ0) is 23.9. The highest BCUT2D eigenvalue weighted by Gasteiger charge is 2.31. The molecule has 34 heavy (non-hydrogen) atoms. The Morgan fingerprint density at radius 1 is 1.09 bits per heavy atom. The first-order chi connectivity index (χ1) is 16.6. The lowest BCUT2D eigenvalue weighted by atomic mass is 10.0. The second-order valence-corrected chi connectivity index (χ2v) is 8.10. The van der Waals surface area contributed by atoms with E-state index in [0.29, 0.717) is 26.1 Å². The van der Waals surface area contributed by atoms with Gasteiger partial charge in [-0.15, -0.1) is 0 Å². The lowest BCUT2D eigenvalue weighted by Crippen LogP contribution is -2.43. The van der Waals surface area contributed by atoms with Gasteiger partial charge in [-0.3, -0.25) is 0 Å². The largest absolute Gasteiger partial charge is 0.497 e. The van der Waals surface area contributed by atoms with Crippen molar-refractivity contribution in [3.8, 4) is 11.4 Å². The standard InChI is InChI=1S/C26H30N4O4/c1-3-34-25(31)24-22-18-29(26(32)27-16-7-10-19-8-5-4-6-9-19)17-15-23(22)30(28-24)20-11-13-21(33-2)14-12-20/h4-6,8-9,11-14H,3,7,10,15-18H2,1-2H3,(H,27,32). The number of benzene rings is 2. The van der Waals surface area contributed by atoms with E-state index >= 15 is 0 Å². The van der Waals surface area contributed by atoms with Gasteiger partial charge in [-0.05, 0) is 49.6 Å². The third kappa shape index (κ3) is 5.22. The number of nitrogens with one attached hydrogen (secondary N) is 1. The second kappa shape index (κ2) is 10.9. The topological polar surface area (TPSA) is 85.7 Å². The SMILES string of the molecule is CCOC(=O)c1nn(-c2ccc(OC)cc2)c2c1CN(C(=O)NCCCc1ccccc1)CC2. The third-order valence-corrected chi connectivity index (χ3v) is 5.89. The lowest BCUT2D eigenvalue weighted by molar-refractivity contribution is 0.0516. The first kappa shape index (κ1) is 23.4. The molecule has 178 valence electrons. The van der Waals surface area contributed by atoms with Gasteiger partial charge >= 0.3 is 12.0 Å². The number of esters is 1. The van der Waals surface area contributed by atoms with Crippen LogP contribution in [0.5, 0.6) is 5.75 Å². The summed E-state index contributed by atoms with van der Waals surface area (Å²) in [7, 11) is 1.62. The molecule has 2 aromatic carbocycles. The van der Waals surface area contributed by atoms with Crippen LogP contribution < -0.4 is 10.1 Å². The minimum Gasteiger partial charge on any atom is -0.497 e. The van der Waals surface area contributed by atoms with Crippen molar-refractivity contribution in [2.24, 2.45) is 0 Å². The Hall–Kier alpha value is -3.81. The minimum atomic E-state index is -0.476. The fourth-order valence-corrected chi connectivity index (χ4v) is 4.14. The Balaban J connectivity index is 1.47. The molecular weight excluding hydrogens is 432 g/mol. The number of fused-ring (bicyclic) bond motifs is 1. The molecule has 1 N–H and O–H groups in total. The van der Waals surface area contributed by atoms with E-state index < -0.39 is 5.97 Å². The molecule has 0 saturated heterocycles. The summed E-state index contributed by atoms with van der Waals surface area (Å²) in [6.45, 7) is 3.47. The van der Waals surface area contributed by atoms with E-state index in [0.717, 1.165) is 35.5 Å². The van der Waals surface area contributed by atoms with Gasteiger partial charge in [0.15, 0.2) is 5.69 Å². The predicted molar refractivity (Wildman–Crippen MR) is 128 cm³/mol. The van der Waals surface area contributed by atoms with Crippen molar-refractivity contribution in [2.75, 3.05) is 26.8 Å². The summed E-state index contributed by atoms with van der Waals surface area (Å²) in [6.07, 6.45) is 2.36. The molecule has 1 aliphatic heterocycles. The van der Waals surface area contributed by atoms with Crippen molar-refractivity contribution in [3.63, 3.8) is 0 Å². The molecule has 0 aliphatic carbocycles. The molecule has 2 heterocycles. The molecule has 3 aromatic rings. The number of amides is 2. The van der Waals surface area contributed by atoms with Crippen molar-refractivity contribution in [1.29, 1.82) is 0 Å². The molecule has 0 spiro atoms. The fourth-order valence-electron chi connectivity index (χ4n) is 4.14. The van der Waals surface area contributed by atoms with Crippen molar-refractivity contribution >= 4 is 12.0 Å². The summed E-state index contributed by atoms with van der Waals surface area (Å²) in [4.78, 5) is 27.2. The number of ether oxygens (including phenoxy) is 2. The van der Waals surface area contributed by atoms with Crippen LogP contribution in [0.15, 0.2) is 54.6 Å². The van der Waals surface area contributed by atoms with E-state index in [4.69, 9.17) is 9.47 Å². The van der Waals surface area contributed by atoms with Crippen molar-refractivity contribution in [2.45, 2.75) is 32.7 Å². The number of carbonyl (C=O) groups is 2. The van der Waals surface area contributed by atoms with E-state index in [9.17, 15) is 9.59 Å². The Morgan fingerprint density at radius 3 is 2.56 bits per heavy atom. The number of rotatable bonds is 8. The molecule has 8 nitrogen and oxygen atoms in total. The molecule has 4 rings (SSSR count). The van der Waals surface area contributed by atoms with Crippen LogP contribution in [0.25, 0.3) is 5.69 Å².